The first kappa shape index (κ1) is 26.2. The third-order valence-corrected chi connectivity index (χ3v) is 8.11. The summed E-state index contributed by atoms with van der Waals surface area (Å²) in [7, 11) is -3.71. The van der Waals surface area contributed by atoms with Crippen LogP contribution < -0.4 is 4.74 Å². The average molecular weight is 488 g/mol. The largest absolute Gasteiger partial charge is 0.488 e. The summed E-state index contributed by atoms with van der Waals surface area (Å²) >= 11 is 0. The van der Waals surface area contributed by atoms with Gasteiger partial charge in [0.05, 0.1) is 19.6 Å². The van der Waals surface area contributed by atoms with Crippen LogP contribution in [0.1, 0.15) is 69.6 Å². The van der Waals surface area contributed by atoms with Crippen molar-refractivity contribution in [2.75, 3.05) is 13.2 Å². The Morgan fingerprint density at radius 1 is 1.18 bits per heavy atom. The molecule has 0 saturated carbocycles. The van der Waals surface area contributed by atoms with Crippen molar-refractivity contribution >= 4 is 16.0 Å². The molecule has 0 saturated heterocycles. The Morgan fingerprint density at radius 2 is 1.91 bits per heavy atom. The zero-order valence-electron chi connectivity index (χ0n) is 20.9. The molecule has 0 radical (unpaired) electrons. The van der Waals surface area contributed by atoms with E-state index in [1.54, 1.807) is 24.3 Å². The third kappa shape index (κ3) is 6.39. The van der Waals surface area contributed by atoms with Crippen LogP contribution in [0.5, 0.6) is 5.75 Å². The first-order valence-corrected chi connectivity index (χ1v) is 13.6. The molecule has 0 N–H and O–H groups in total. The molecule has 1 aliphatic heterocycles. The molecule has 0 amide bonds. The molecule has 0 aromatic heterocycles. The van der Waals surface area contributed by atoms with Gasteiger partial charge in [0, 0.05) is 6.54 Å². The number of benzene rings is 2. The minimum Gasteiger partial charge on any atom is -0.488 e. The molecule has 34 heavy (non-hydrogen) atoms. The number of aryl methyl sites for hydroxylation is 1. The van der Waals surface area contributed by atoms with Crippen LogP contribution in [0, 0.1) is 12.8 Å². The van der Waals surface area contributed by atoms with Gasteiger partial charge < -0.3 is 9.47 Å². The topological polar surface area (TPSA) is 72.9 Å². The first-order chi connectivity index (χ1) is 16.1. The van der Waals surface area contributed by atoms with Crippen LogP contribution in [0.25, 0.3) is 0 Å². The molecule has 1 unspecified atom stereocenters. The smallest absolute Gasteiger partial charge is 0.306 e. The maximum absolute atomic E-state index is 13.5. The Labute approximate surface area is 204 Å². The number of nitrogens with zero attached hydrogens (tertiary/aromatic N) is 1. The van der Waals surface area contributed by atoms with Crippen molar-refractivity contribution in [1.29, 1.82) is 0 Å². The van der Waals surface area contributed by atoms with Gasteiger partial charge in [0.15, 0.2) is 0 Å². The van der Waals surface area contributed by atoms with Crippen LogP contribution >= 0.6 is 0 Å². The highest BCUT2D eigenvalue weighted by Crippen LogP contribution is 2.33. The predicted molar refractivity (Wildman–Crippen MR) is 133 cm³/mol. The lowest BCUT2D eigenvalue weighted by Gasteiger charge is -2.24. The molecule has 3 rings (SSSR count). The highest BCUT2D eigenvalue weighted by molar-refractivity contribution is 7.89. The van der Waals surface area contributed by atoms with E-state index >= 15 is 0 Å². The molecule has 0 fully saturated rings. The molecular formula is C27H37NO5S. The lowest BCUT2D eigenvalue weighted by atomic mass is 9.87. The number of carbonyl (C=O) groups excluding carboxylic acids is 1. The van der Waals surface area contributed by atoms with Crippen molar-refractivity contribution in [1.82, 2.24) is 4.31 Å². The summed E-state index contributed by atoms with van der Waals surface area (Å²) in [5.41, 5.74) is 3.00. The lowest BCUT2D eigenvalue weighted by Crippen LogP contribution is -2.35. The monoisotopic (exact) mass is 487 g/mol. The van der Waals surface area contributed by atoms with E-state index in [1.807, 2.05) is 26.8 Å². The summed E-state index contributed by atoms with van der Waals surface area (Å²) in [6.07, 6.45) is 1.92. The number of esters is 1. The first-order valence-electron chi connectivity index (χ1n) is 12.1. The van der Waals surface area contributed by atoms with E-state index in [0.717, 1.165) is 29.5 Å². The molecule has 2 aromatic carbocycles. The Kier molecular flexibility index (Phi) is 8.77. The van der Waals surface area contributed by atoms with Crippen molar-refractivity contribution < 1.29 is 22.7 Å². The van der Waals surface area contributed by atoms with Crippen LogP contribution in [-0.2, 0) is 26.1 Å². The summed E-state index contributed by atoms with van der Waals surface area (Å²) in [6.45, 7) is 10.9. The summed E-state index contributed by atoms with van der Waals surface area (Å²) < 4.78 is 39.6. The molecule has 6 nitrogen and oxygen atoms in total. The van der Waals surface area contributed by atoms with Crippen LogP contribution in [0.4, 0.5) is 0 Å². The maximum Gasteiger partial charge on any atom is 0.306 e. The molecule has 7 heteroatoms. The Morgan fingerprint density at radius 3 is 2.62 bits per heavy atom. The van der Waals surface area contributed by atoms with Crippen LogP contribution in [-0.4, -0.2) is 37.9 Å². The number of hydrogen-bond donors (Lipinski definition) is 0. The molecule has 186 valence electrons. The van der Waals surface area contributed by atoms with Crippen molar-refractivity contribution in [3.05, 3.63) is 59.2 Å². The fourth-order valence-electron chi connectivity index (χ4n) is 4.34. The van der Waals surface area contributed by atoms with Gasteiger partial charge in [0.1, 0.15) is 16.7 Å². The van der Waals surface area contributed by atoms with E-state index < -0.39 is 10.0 Å². The van der Waals surface area contributed by atoms with Crippen molar-refractivity contribution in [2.45, 2.75) is 77.3 Å². The average Bonchev–Trinajstić information content (AvgIpc) is 2.86. The Balaban J connectivity index is 1.92. The molecule has 1 aliphatic rings. The fraction of sp³-hybridized carbons (Fsp3) is 0.519. The van der Waals surface area contributed by atoms with Crippen LogP contribution in [0.15, 0.2) is 47.4 Å². The van der Waals surface area contributed by atoms with Gasteiger partial charge in [-0.15, -0.1) is 0 Å². The molecule has 2 aromatic rings. The van der Waals surface area contributed by atoms with E-state index in [4.69, 9.17) is 9.47 Å². The Hall–Kier alpha value is -2.38. The summed E-state index contributed by atoms with van der Waals surface area (Å²) in [5.74, 6) is 0.755. The molecule has 2 atom stereocenters. The van der Waals surface area contributed by atoms with Gasteiger partial charge >= 0.3 is 5.97 Å². The molecule has 0 aliphatic carbocycles. The van der Waals surface area contributed by atoms with E-state index in [-0.39, 0.29) is 36.0 Å². The van der Waals surface area contributed by atoms with Gasteiger partial charge in [-0.25, -0.2) is 8.42 Å². The fourth-order valence-corrected chi connectivity index (χ4v) is 5.95. The number of hydrogen-bond acceptors (Lipinski definition) is 5. The predicted octanol–water partition coefficient (Wildman–Crippen LogP) is 5.44. The summed E-state index contributed by atoms with van der Waals surface area (Å²) in [5, 5.41) is 0. The number of para-hydroxylation sites is 1. The van der Waals surface area contributed by atoms with E-state index in [2.05, 4.69) is 26.0 Å². The number of carbonyl (C=O) groups is 1. The van der Waals surface area contributed by atoms with E-state index in [0.29, 0.717) is 24.7 Å². The van der Waals surface area contributed by atoms with Crippen molar-refractivity contribution in [3.8, 4) is 5.75 Å². The normalized spacial score (nSPS) is 18.6. The van der Waals surface area contributed by atoms with Gasteiger partial charge in [0.25, 0.3) is 0 Å². The van der Waals surface area contributed by atoms with E-state index in [9.17, 15) is 13.2 Å². The van der Waals surface area contributed by atoms with Gasteiger partial charge in [-0.2, -0.15) is 4.31 Å². The quantitative estimate of drug-likeness (QED) is 0.441. The summed E-state index contributed by atoms with van der Waals surface area (Å²) in [4.78, 5) is 12.5. The minimum absolute atomic E-state index is 0.0320. The van der Waals surface area contributed by atoms with Crippen molar-refractivity contribution in [2.24, 2.45) is 5.92 Å². The second-order valence-electron chi connectivity index (χ2n) is 9.54. The van der Waals surface area contributed by atoms with Crippen molar-refractivity contribution in [3.63, 3.8) is 0 Å². The third-order valence-electron chi connectivity index (χ3n) is 6.26. The molecular weight excluding hydrogens is 450 g/mol. The number of fused-ring (bicyclic) bond motifs is 1. The number of sulfonamides is 1. The number of rotatable bonds is 9. The second-order valence-corrected chi connectivity index (χ2v) is 11.4. The highest BCUT2D eigenvalue weighted by Gasteiger charge is 2.33. The zero-order valence-corrected chi connectivity index (χ0v) is 21.7. The van der Waals surface area contributed by atoms with Gasteiger partial charge in [-0.1, -0.05) is 50.6 Å². The SMILES string of the molecule is CCOC(=O)CC(CCC(C)C)c1ccc(C)c(CN2C[C@@H](C)Oc3ccccc3S2(=O)=O)c1. The van der Waals surface area contributed by atoms with Gasteiger partial charge in [0.2, 0.25) is 10.0 Å². The zero-order chi connectivity index (χ0) is 24.9. The van der Waals surface area contributed by atoms with Gasteiger partial charge in [-0.3, -0.25) is 4.79 Å². The standard InChI is InChI=1S/C27H37NO5S/c1-6-32-27(29)16-23(13-11-19(2)3)22-14-12-20(4)24(15-22)18-28-17-21(5)33-25-9-7-8-10-26(25)34(28,30)31/h7-10,12,14-15,19,21,23H,6,11,13,16-18H2,1-5H3/t21-,23?/m1/s1. The molecule has 0 spiro atoms. The summed E-state index contributed by atoms with van der Waals surface area (Å²) in [6, 6.07) is 12.9. The lowest BCUT2D eigenvalue weighted by molar-refractivity contribution is -0.143. The molecule has 0 bridgehead atoms. The maximum atomic E-state index is 13.5. The van der Waals surface area contributed by atoms with Crippen LogP contribution in [0.2, 0.25) is 0 Å². The van der Waals surface area contributed by atoms with Crippen LogP contribution in [0.3, 0.4) is 0 Å². The minimum atomic E-state index is -3.71. The Bertz CT molecular complexity index is 1100. The highest BCUT2D eigenvalue weighted by atomic mass is 32.2. The molecule has 1 heterocycles. The van der Waals surface area contributed by atoms with E-state index in [1.165, 1.54) is 4.31 Å². The number of ether oxygens (including phenoxy) is 2. The van der Waals surface area contributed by atoms with Gasteiger partial charge in [-0.05, 0) is 67.9 Å². The second kappa shape index (κ2) is 11.4.